The molecule has 0 aliphatic rings. The van der Waals surface area contributed by atoms with Crippen LogP contribution in [0.25, 0.3) is 27.8 Å². The maximum atomic E-state index is 12.3. The Hall–Kier alpha value is -3.15. The van der Waals surface area contributed by atoms with Crippen LogP contribution in [0.5, 0.6) is 0 Å². The number of carboxylic acid groups (broad SMARTS) is 1. The highest BCUT2D eigenvalue weighted by Gasteiger charge is 2.29. The number of carboxylic acids is 1. The van der Waals surface area contributed by atoms with Crippen molar-refractivity contribution in [3.63, 3.8) is 0 Å². The molecule has 3 aromatic heterocycles. The summed E-state index contributed by atoms with van der Waals surface area (Å²) in [5, 5.41) is 16.1. The number of aromatic nitrogens is 4. The fraction of sp³-hybridized carbons (Fsp3) is 0.400. The molecule has 6 heteroatoms. The first-order chi connectivity index (χ1) is 14.6. The lowest BCUT2D eigenvalue weighted by Crippen LogP contribution is -2.17. The Kier molecular flexibility index (Phi) is 5.12. The highest BCUT2D eigenvalue weighted by Crippen LogP contribution is 2.36. The lowest BCUT2D eigenvalue weighted by Gasteiger charge is -2.20. The van der Waals surface area contributed by atoms with E-state index >= 15 is 0 Å². The summed E-state index contributed by atoms with van der Waals surface area (Å²) in [6, 6.07) is 10.4. The molecule has 0 fully saturated rings. The molecule has 0 saturated carbocycles. The summed E-state index contributed by atoms with van der Waals surface area (Å²) in [5.41, 5.74) is 5.89. The van der Waals surface area contributed by atoms with Crippen molar-refractivity contribution in [3.8, 4) is 11.3 Å². The van der Waals surface area contributed by atoms with E-state index in [1.165, 1.54) is 0 Å². The Labute approximate surface area is 182 Å². The summed E-state index contributed by atoms with van der Waals surface area (Å²) in [6.45, 7) is 10.3. The van der Waals surface area contributed by atoms with Gasteiger partial charge in [-0.3, -0.25) is 4.79 Å². The number of rotatable bonds is 5. The first kappa shape index (κ1) is 21.1. The summed E-state index contributed by atoms with van der Waals surface area (Å²) < 4.78 is 3.92. The molecule has 1 aromatic carbocycles. The van der Waals surface area contributed by atoms with E-state index in [0.717, 1.165) is 51.2 Å². The van der Waals surface area contributed by atoms with E-state index in [0.29, 0.717) is 6.42 Å². The molecule has 0 aliphatic carbocycles. The van der Waals surface area contributed by atoms with E-state index in [2.05, 4.69) is 49.6 Å². The van der Waals surface area contributed by atoms with Crippen LogP contribution in [0.4, 0.5) is 0 Å². The number of aryl methyl sites for hydroxylation is 2. The largest absolute Gasteiger partial charge is 0.481 e. The third-order valence-corrected chi connectivity index (χ3v) is 5.98. The highest BCUT2D eigenvalue weighted by molar-refractivity contribution is 5.87. The van der Waals surface area contributed by atoms with Crippen LogP contribution in [0, 0.1) is 6.92 Å². The van der Waals surface area contributed by atoms with E-state index < -0.39 is 11.9 Å². The molecule has 0 aliphatic heterocycles. The third kappa shape index (κ3) is 3.60. The van der Waals surface area contributed by atoms with E-state index in [9.17, 15) is 9.90 Å². The number of hydrogen-bond acceptors (Lipinski definition) is 3. The van der Waals surface area contributed by atoms with Gasteiger partial charge in [0, 0.05) is 47.1 Å². The van der Waals surface area contributed by atoms with Crippen molar-refractivity contribution in [1.29, 1.82) is 0 Å². The molecule has 0 saturated heterocycles. The fourth-order valence-electron chi connectivity index (χ4n) is 4.28. The molecule has 0 spiro atoms. The van der Waals surface area contributed by atoms with Gasteiger partial charge in [-0.15, -0.1) is 0 Å². The van der Waals surface area contributed by atoms with Gasteiger partial charge in [-0.1, -0.05) is 46.2 Å². The summed E-state index contributed by atoms with van der Waals surface area (Å²) in [6.07, 6.45) is 3.36. The van der Waals surface area contributed by atoms with Crippen molar-refractivity contribution in [3.05, 3.63) is 53.5 Å². The van der Waals surface area contributed by atoms with Crippen molar-refractivity contribution in [2.75, 3.05) is 0 Å². The predicted molar refractivity (Wildman–Crippen MR) is 124 cm³/mol. The number of hydrogen-bond donors (Lipinski definition) is 1. The molecule has 6 nitrogen and oxygen atoms in total. The molecular weight excluding hydrogens is 388 g/mol. The average Bonchev–Trinajstić information content (AvgIpc) is 3.28. The lowest BCUT2D eigenvalue weighted by atomic mass is 9.89. The van der Waals surface area contributed by atoms with Crippen LogP contribution in [0.1, 0.15) is 63.4 Å². The van der Waals surface area contributed by atoms with Gasteiger partial charge in [-0.05, 0) is 30.9 Å². The van der Waals surface area contributed by atoms with Crippen LogP contribution in [0.15, 0.2) is 36.5 Å². The van der Waals surface area contributed by atoms with E-state index in [1.807, 2.05) is 37.7 Å². The summed E-state index contributed by atoms with van der Waals surface area (Å²) >= 11 is 0. The van der Waals surface area contributed by atoms with Crippen LogP contribution < -0.4 is 0 Å². The topological polar surface area (TPSA) is 72.4 Å². The normalized spacial score (nSPS) is 13.2. The molecule has 0 bridgehead atoms. The maximum absolute atomic E-state index is 12.3. The summed E-state index contributed by atoms with van der Waals surface area (Å²) in [4.78, 5) is 17.1. The van der Waals surface area contributed by atoms with E-state index in [4.69, 9.17) is 10.1 Å². The van der Waals surface area contributed by atoms with Gasteiger partial charge in [0.1, 0.15) is 0 Å². The number of fused-ring (bicyclic) bond motifs is 2. The predicted octanol–water partition coefficient (Wildman–Crippen LogP) is 5.46. The van der Waals surface area contributed by atoms with E-state index in [-0.39, 0.29) is 5.41 Å². The Bertz CT molecular complexity index is 1290. The Morgan fingerprint density at radius 3 is 2.58 bits per heavy atom. The van der Waals surface area contributed by atoms with Crippen LogP contribution in [0.3, 0.4) is 0 Å². The van der Waals surface area contributed by atoms with Gasteiger partial charge in [-0.2, -0.15) is 5.10 Å². The Morgan fingerprint density at radius 1 is 1.19 bits per heavy atom. The fourth-order valence-corrected chi connectivity index (χ4v) is 4.28. The first-order valence-electron chi connectivity index (χ1n) is 10.8. The van der Waals surface area contributed by atoms with Crippen LogP contribution >= 0.6 is 0 Å². The van der Waals surface area contributed by atoms with Crippen molar-refractivity contribution >= 4 is 22.5 Å². The highest BCUT2D eigenvalue weighted by atomic mass is 16.4. The van der Waals surface area contributed by atoms with E-state index in [1.54, 1.807) is 0 Å². The summed E-state index contributed by atoms with van der Waals surface area (Å²) in [7, 11) is 2.02. The summed E-state index contributed by atoms with van der Waals surface area (Å²) in [5.74, 6) is -1.46. The average molecular weight is 419 g/mol. The van der Waals surface area contributed by atoms with Gasteiger partial charge in [-0.25, -0.2) is 9.50 Å². The standard InChI is InChI=1S/C25H30N4O2/c1-7-8-18(24(30)31)22-15(2)26-21-14-20(25(3,4)5)27-29(21)23(22)17-10-9-16-11-12-28(6)19(16)13-17/h9-14,18H,7-8H2,1-6H3,(H,30,31). The minimum absolute atomic E-state index is 0.142. The molecular formula is C25H30N4O2. The van der Waals surface area contributed by atoms with Crippen LogP contribution in [-0.2, 0) is 17.3 Å². The number of benzene rings is 1. The minimum atomic E-state index is -0.824. The monoisotopic (exact) mass is 418 g/mol. The molecule has 162 valence electrons. The molecule has 3 heterocycles. The zero-order valence-corrected chi connectivity index (χ0v) is 19.1. The molecule has 1 unspecified atom stereocenters. The molecule has 1 N–H and O–H groups in total. The molecule has 4 aromatic rings. The second-order valence-electron chi connectivity index (χ2n) is 9.39. The van der Waals surface area contributed by atoms with Gasteiger partial charge in [0.25, 0.3) is 0 Å². The zero-order valence-electron chi connectivity index (χ0n) is 19.1. The SMILES string of the molecule is CCCC(C(=O)O)c1c(C)nc2cc(C(C)(C)C)nn2c1-c1ccc2ccn(C)c2c1. The Morgan fingerprint density at radius 2 is 1.94 bits per heavy atom. The van der Waals surface area contributed by atoms with Gasteiger partial charge in [0.15, 0.2) is 5.65 Å². The smallest absolute Gasteiger partial charge is 0.311 e. The molecule has 0 amide bonds. The Balaban J connectivity index is 2.11. The molecule has 4 rings (SSSR count). The van der Waals surface area contributed by atoms with Gasteiger partial charge in [0.05, 0.1) is 17.3 Å². The molecule has 1 atom stereocenters. The van der Waals surface area contributed by atoms with Crippen molar-refractivity contribution < 1.29 is 9.90 Å². The second kappa shape index (κ2) is 7.52. The van der Waals surface area contributed by atoms with Crippen molar-refractivity contribution in [2.24, 2.45) is 7.05 Å². The van der Waals surface area contributed by atoms with Crippen molar-refractivity contribution in [2.45, 2.75) is 58.8 Å². The van der Waals surface area contributed by atoms with Crippen LogP contribution in [0.2, 0.25) is 0 Å². The van der Waals surface area contributed by atoms with Gasteiger partial charge < -0.3 is 9.67 Å². The lowest BCUT2D eigenvalue weighted by molar-refractivity contribution is -0.139. The first-order valence-corrected chi connectivity index (χ1v) is 10.8. The number of carbonyl (C=O) groups is 1. The quantitative estimate of drug-likeness (QED) is 0.467. The van der Waals surface area contributed by atoms with Gasteiger partial charge >= 0.3 is 5.97 Å². The second-order valence-corrected chi connectivity index (χ2v) is 9.39. The van der Waals surface area contributed by atoms with Gasteiger partial charge in [0.2, 0.25) is 0 Å². The zero-order chi connectivity index (χ0) is 22.5. The van der Waals surface area contributed by atoms with Crippen molar-refractivity contribution in [1.82, 2.24) is 19.2 Å². The maximum Gasteiger partial charge on any atom is 0.311 e. The minimum Gasteiger partial charge on any atom is -0.481 e. The van der Waals surface area contributed by atoms with Crippen LogP contribution in [-0.4, -0.2) is 30.2 Å². The molecule has 0 radical (unpaired) electrons. The molecule has 31 heavy (non-hydrogen) atoms. The number of aliphatic carboxylic acids is 1. The number of nitrogens with zero attached hydrogens (tertiary/aromatic N) is 4. The third-order valence-electron chi connectivity index (χ3n) is 5.98.